The van der Waals surface area contributed by atoms with E-state index in [1.54, 1.807) is 0 Å². The molecule has 1 aliphatic carbocycles. The summed E-state index contributed by atoms with van der Waals surface area (Å²) in [7, 11) is 0. The van der Waals surface area contributed by atoms with E-state index in [-0.39, 0.29) is 0 Å². The number of thiophene rings is 1. The Morgan fingerprint density at radius 2 is 2.20 bits per heavy atom. The van der Waals surface area contributed by atoms with Crippen LogP contribution in [-0.2, 0) is 6.54 Å². The smallest absolute Gasteiger partial charge is 0.0346 e. The Morgan fingerprint density at radius 3 is 3.00 bits per heavy atom. The lowest BCUT2D eigenvalue weighted by Crippen LogP contribution is -2.14. The Hall–Kier alpha value is -0.380. The maximum atomic E-state index is 3.55. The number of fused-ring (bicyclic) bond motifs is 1. The maximum absolute atomic E-state index is 3.55. The van der Waals surface area contributed by atoms with Crippen molar-refractivity contribution in [3.63, 3.8) is 0 Å². The zero-order valence-corrected chi connectivity index (χ0v) is 10.7. The largest absolute Gasteiger partial charge is 0.309 e. The molecule has 1 aromatic heterocycles. The average molecular weight is 282 g/mol. The predicted octanol–water partition coefficient (Wildman–Crippen LogP) is 3.92. The van der Waals surface area contributed by atoms with E-state index in [0.717, 1.165) is 17.1 Å². The molecule has 0 radical (unpaired) electrons. The van der Waals surface area contributed by atoms with Gasteiger partial charge in [0.2, 0.25) is 0 Å². The monoisotopic (exact) mass is 281 g/mol. The third kappa shape index (κ3) is 2.25. The maximum Gasteiger partial charge on any atom is 0.0346 e. The zero-order chi connectivity index (χ0) is 10.3. The Labute approximate surface area is 102 Å². The summed E-state index contributed by atoms with van der Waals surface area (Å²) in [6.07, 6.45) is 2.72. The summed E-state index contributed by atoms with van der Waals surface area (Å²) in [4.78, 5) is 1.44. The molecular formula is C12H12BrNS. The van der Waals surface area contributed by atoms with Gasteiger partial charge in [-0.15, -0.1) is 11.3 Å². The fourth-order valence-corrected chi connectivity index (χ4v) is 3.06. The van der Waals surface area contributed by atoms with Gasteiger partial charge in [0.1, 0.15) is 0 Å². The van der Waals surface area contributed by atoms with E-state index in [1.165, 1.54) is 27.8 Å². The number of benzene rings is 1. The van der Waals surface area contributed by atoms with Crippen molar-refractivity contribution in [1.29, 1.82) is 0 Å². The molecule has 0 aliphatic heterocycles. The van der Waals surface area contributed by atoms with Crippen molar-refractivity contribution >= 4 is 37.4 Å². The molecular weight excluding hydrogens is 270 g/mol. The van der Waals surface area contributed by atoms with Crippen molar-refractivity contribution in [3.05, 3.63) is 33.6 Å². The predicted molar refractivity (Wildman–Crippen MR) is 69.4 cm³/mol. The van der Waals surface area contributed by atoms with Crippen molar-refractivity contribution in [2.24, 2.45) is 0 Å². The normalized spacial score (nSPS) is 16.1. The molecule has 15 heavy (non-hydrogen) atoms. The van der Waals surface area contributed by atoms with Crippen LogP contribution in [0.4, 0.5) is 0 Å². The number of halogens is 1. The standard InChI is InChI=1S/C12H12BrNS/c13-9-1-4-12-8(5-9)6-11(15-12)7-14-10-2-3-10/h1,4-6,10,14H,2-3,7H2. The van der Waals surface area contributed by atoms with E-state index in [4.69, 9.17) is 0 Å². The highest BCUT2D eigenvalue weighted by Crippen LogP contribution is 2.29. The van der Waals surface area contributed by atoms with Crippen molar-refractivity contribution in [1.82, 2.24) is 5.32 Å². The molecule has 0 saturated heterocycles. The summed E-state index contributed by atoms with van der Waals surface area (Å²) < 4.78 is 2.54. The number of nitrogens with one attached hydrogen (secondary N) is 1. The second-order valence-corrected chi connectivity index (χ2v) is 6.13. The summed E-state index contributed by atoms with van der Waals surface area (Å²) >= 11 is 5.40. The van der Waals surface area contributed by atoms with Gasteiger partial charge < -0.3 is 5.32 Å². The number of rotatable bonds is 3. The second-order valence-electron chi connectivity index (χ2n) is 4.05. The van der Waals surface area contributed by atoms with Crippen LogP contribution in [0.25, 0.3) is 10.1 Å². The molecule has 1 saturated carbocycles. The summed E-state index contributed by atoms with van der Waals surface area (Å²) in [6, 6.07) is 9.57. The summed E-state index contributed by atoms with van der Waals surface area (Å²) in [5.74, 6) is 0. The van der Waals surface area contributed by atoms with Gasteiger partial charge in [-0.2, -0.15) is 0 Å². The molecule has 0 spiro atoms. The van der Waals surface area contributed by atoms with Crippen molar-refractivity contribution in [3.8, 4) is 0 Å². The minimum Gasteiger partial charge on any atom is -0.309 e. The lowest BCUT2D eigenvalue weighted by Gasteiger charge is -1.97. The third-order valence-corrected chi connectivity index (χ3v) is 4.28. The second kappa shape index (κ2) is 3.89. The summed E-state index contributed by atoms with van der Waals surface area (Å²) in [5.41, 5.74) is 0. The quantitative estimate of drug-likeness (QED) is 0.899. The van der Waals surface area contributed by atoms with Gasteiger partial charge in [0, 0.05) is 26.6 Å². The van der Waals surface area contributed by atoms with Crippen molar-refractivity contribution in [2.45, 2.75) is 25.4 Å². The first kappa shape index (κ1) is 9.82. The molecule has 2 aromatic rings. The molecule has 78 valence electrons. The first-order valence-electron chi connectivity index (χ1n) is 5.22. The SMILES string of the molecule is Brc1ccc2sc(CNC3CC3)cc2c1. The molecule has 1 aromatic carbocycles. The minimum atomic E-state index is 0.793. The molecule has 3 rings (SSSR count). The zero-order valence-electron chi connectivity index (χ0n) is 8.29. The molecule has 1 aliphatic rings. The van der Waals surface area contributed by atoms with Crippen LogP contribution >= 0.6 is 27.3 Å². The van der Waals surface area contributed by atoms with Gasteiger partial charge in [-0.05, 0) is 42.5 Å². The average Bonchev–Trinajstić information content (AvgIpc) is 2.95. The van der Waals surface area contributed by atoms with E-state index < -0.39 is 0 Å². The minimum absolute atomic E-state index is 0.793. The van der Waals surface area contributed by atoms with Crippen LogP contribution in [0.3, 0.4) is 0 Å². The molecule has 0 atom stereocenters. The highest BCUT2D eigenvalue weighted by molar-refractivity contribution is 9.10. The topological polar surface area (TPSA) is 12.0 Å². The molecule has 3 heteroatoms. The van der Waals surface area contributed by atoms with Crippen LogP contribution in [-0.4, -0.2) is 6.04 Å². The van der Waals surface area contributed by atoms with Gasteiger partial charge in [-0.1, -0.05) is 15.9 Å². The van der Waals surface area contributed by atoms with E-state index in [0.29, 0.717) is 0 Å². The Kier molecular flexibility index (Phi) is 2.54. The first-order chi connectivity index (χ1) is 7.31. The lowest BCUT2D eigenvalue weighted by atomic mass is 10.2. The van der Waals surface area contributed by atoms with Crippen LogP contribution < -0.4 is 5.32 Å². The summed E-state index contributed by atoms with van der Waals surface area (Å²) in [5, 5.41) is 4.90. The van der Waals surface area contributed by atoms with E-state index in [2.05, 4.69) is 45.5 Å². The van der Waals surface area contributed by atoms with Gasteiger partial charge in [0.05, 0.1) is 0 Å². The molecule has 1 nitrogen and oxygen atoms in total. The molecule has 0 bridgehead atoms. The van der Waals surface area contributed by atoms with Crippen molar-refractivity contribution in [2.75, 3.05) is 0 Å². The van der Waals surface area contributed by atoms with Crippen LogP contribution in [0.5, 0.6) is 0 Å². The fourth-order valence-electron chi connectivity index (χ4n) is 1.69. The fraction of sp³-hybridized carbons (Fsp3) is 0.333. The van der Waals surface area contributed by atoms with E-state index in [9.17, 15) is 0 Å². The van der Waals surface area contributed by atoms with Gasteiger partial charge in [-0.25, -0.2) is 0 Å². The van der Waals surface area contributed by atoms with Crippen LogP contribution in [0.2, 0.25) is 0 Å². The first-order valence-corrected chi connectivity index (χ1v) is 6.83. The highest BCUT2D eigenvalue weighted by atomic mass is 79.9. The van der Waals surface area contributed by atoms with Crippen LogP contribution in [0.15, 0.2) is 28.7 Å². The van der Waals surface area contributed by atoms with Gasteiger partial charge in [0.25, 0.3) is 0 Å². The molecule has 1 heterocycles. The van der Waals surface area contributed by atoms with Gasteiger partial charge >= 0.3 is 0 Å². The molecule has 0 amide bonds. The van der Waals surface area contributed by atoms with Gasteiger partial charge in [-0.3, -0.25) is 0 Å². The molecule has 0 unspecified atom stereocenters. The highest BCUT2D eigenvalue weighted by Gasteiger charge is 2.20. The van der Waals surface area contributed by atoms with Crippen LogP contribution in [0, 0.1) is 0 Å². The Morgan fingerprint density at radius 1 is 1.33 bits per heavy atom. The number of hydrogen-bond acceptors (Lipinski definition) is 2. The van der Waals surface area contributed by atoms with E-state index in [1.807, 2.05) is 11.3 Å². The van der Waals surface area contributed by atoms with Gasteiger partial charge in [0.15, 0.2) is 0 Å². The van der Waals surface area contributed by atoms with E-state index >= 15 is 0 Å². The Bertz CT molecular complexity index is 487. The Balaban J connectivity index is 1.84. The summed E-state index contributed by atoms with van der Waals surface area (Å²) in [6.45, 7) is 1.03. The molecule has 1 N–H and O–H groups in total. The van der Waals surface area contributed by atoms with Crippen LogP contribution in [0.1, 0.15) is 17.7 Å². The lowest BCUT2D eigenvalue weighted by molar-refractivity contribution is 0.695. The molecule has 1 fully saturated rings. The number of hydrogen-bond donors (Lipinski definition) is 1. The van der Waals surface area contributed by atoms with Crippen molar-refractivity contribution < 1.29 is 0 Å². The third-order valence-electron chi connectivity index (χ3n) is 2.67.